The van der Waals surface area contributed by atoms with E-state index in [9.17, 15) is 4.79 Å². The van der Waals surface area contributed by atoms with E-state index in [0.29, 0.717) is 18.8 Å². The van der Waals surface area contributed by atoms with Gasteiger partial charge in [-0.3, -0.25) is 4.79 Å². The zero-order valence-corrected chi connectivity index (χ0v) is 12.8. The number of anilines is 1. The van der Waals surface area contributed by atoms with Crippen LogP contribution in [-0.4, -0.2) is 17.0 Å². The van der Waals surface area contributed by atoms with E-state index < -0.39 is 5.41 Å². The molecule has 0 saturated heterocycles. The van der Waals surface area contributed by atoms with Gasteiger partial charge in [-0.2, -0.15) is 0 Å². The van der Waals surface area contributed by atoms with Crippen molar-refractivity contribution in [1.82, 2.24) is 0 Å². The quantitative estimate of drug-likeness (QED) is 0.344. The van der Waals surface area contributed by atoms with Crippen LogP contribution < -0.4 is 11.1 Å². The Labute approximate surface area is 125 Å². The van der Waals surface area contributed by atoms with Gasteiger partial charge in [0.25, 0.3) is 0 Å². The third-order valence-electron chi connectivity index (χ3n) is 4.41. The van der Waals surface area contributed by atoms with Gasteiger partial charge < -0.3 is 16.3 Å². The number of aryl methyl sites for hydroxylation is 2. The van der Waals surface area contributed by atoms with Gasteiger partial charge in [-0.15, -0.1) is 0 Å². The maximum absolute atomic E-state index is 12.7. The molecule has 1 aliphatic rings. The molecule has 1 amide bonds. The van der Waals surface area contributed by atoms with Gasteiger partial charge in [0, 0.05) is 5.69 Å². The number of amides is 1. The molecule has 0 atom stereocenters. The Kier molecular flexibility index (Phi) is 4.21. The molecular formula is C16H23N3O2. The van der Waals surface area contributed by atoms with E-state index in [-0.39, 0.29) is 11.7 Å². The molecule has 5 nitrogen and oxygen atoms in total. The number of oxime groups is 1. The standard InChI is InChI=1S/C16H23N3O2/c1-4-12-7-5-6-11(3)13(12)18-15(20)16(14(17)19-21)8-10(2)9-16/h5-7,10,21H,4,8-9H2,1-3H3,(H2,17,19)(H,18,20). The van der Waals surface area contributed by atoms with E-state index in [0.717, 1.165) is 23.2 Å². The number of benzene rings is 1. The van der Waals surface area contributed by atoms with E-state index in [1.165, 1.54) is 0 Å². The van der Waals surface area contributed by atoms with E-state index in [4.69, 9.17) is 10.9 Å². The minimum atomic E-state index is -0.874. The van der Waals surface area contributed by atoms with Crippen LogP contribution in [0.1, 0.15) is 37.8 Å². The number of carbonyl (C=O) groups excluding carboxylic acids is 1. The van der Waals surface area contributed by atoms with Gasteiger partial charge >= 0.3 is 0 Å². The molecule has 1 saturated carbocycles. The lowest BCUT2D eigenvalue weighted by Crippen LogP contribution is -2.54. The van der Waals surface area contributed by atoms with Crippen LogP contribution in [0.2, 0.25) is 0 Å². The number of para-hydroxylation sites is 1. The number of rotatable bonds is 4. The summed E-state index contributed by atoms with van der Waals surface area (Å²) in [5, 5.41) is 15.1. The first kappa shape index (κ1) is 15.4. The molecule has 4 N–H and O–H groups in total. The van der Waals surface area contributed by atoms with Gasteiger partial charge in [0.15, 0.2) is 5.84 Å². The first-order chi connectivity index (χ1) is 9.94. The Balaban J connectivity index is 2.29. The fourth-order valence-electron chi connectivity index (χ4n) is 3.17. The summed E-state index contributed by atoms with van der Waals surface area (Å²) in [6.45, 7) is 6.07. The molecule has 0 spiro atoms. The minimum Gasteiger partial charge on any atom is -0.409 e. The third kappa shape index (κ3) is 2.60. The number of nitrogens with two attached hydrogens (primary N) is 1. The topological polar surface area (TPSA) is 87.7 Å². The largest absolute Gasteiger partial charge is 0.409 e. The van der Waals surface area contributed by atoms with E-state index >= 15 is 0 Å². The molecule has 1 aromatic rings. The van der Waals surface area contributed by atoms with Crippen LogP contribution in [0, 0.1) is 18.3 Å². The van der Waals surface area contributed by atoms with Crippen LogP contribution in [0.5, 0.6) is 0 Å². The van der Waals surface area contributed by atoms with Crippen molar-refractivity contribution in [3.8, 4) is 0 Å². The van der Waals surface area contributed by atoms with Gasteiger partial charge in [-0.05, 0) is 43.2 Å². The summed E-state index contributed by atoms with van der Waals surface area (Å²) in [5.41, 5.74) is 7.85. The molecule has 1 aromatic carbocycles. The van der Waals surface area contributed by atoms with Crippen molar-refractivity contribution < 1.29 is 10.0 Å². The normalized spacial score (nSPS) is 25.3. The van der Waals surface area contributed by atoms with Crippen LogP contribution >= 0.6 is 0 Å². The van der Waals surface area contributed by atoms with Crippen molar-refractivity contribution >= 4 is 17.4 Å². The lowest BCUT2D eigenvalue weighted by molar-refractivity contribution is -0.127. The van der Waals surface area contributed by atoms with Crippen LogP contribution in [0.15, 0.2) is 23.4 Å². The molecule has 0 radical (unpaired) electrons. The monoisotopic (exact) mass is 289 g/mol. The highest BCUT2D eigenvalue weighted by Crippen LogP contribution is 2.46. The maximum atomic E-state index is 12.7. The molecule has 0 unspecified atom stereocenters. The number of nitrogens with zero attached hydrogens (tertiary/aromatic N) is 1. The van der Waals surface area contributed by atoms with E-state index in [2.05, 4.69) is 24.3 Å². The van der Waals surface area contributed by atoms with Crippen molar-refractivity contribution in [2.24, 2.45) is 22.2 Å². The minimum absolute atomic E-state index is 0.00438. The smallest absolute Gasteiger partial charge is 0.238 e. The highest BCUT2D eigenvalue weighted by molar-refractivity contribution is 6.13. The molecule has 1 fully saturated rings. The van der Waals surface area contributed by atoms with Crippen LogP contribution in [0.4, 0.5) is 5.69 Å². The average molecular weight is 289 g/mol. The van der Waals surface area contributed by atoms with Crippen LogP contribution in [0.25, 0.3) is 0 Å². The Hall–Kier alpha value is -2.04. The van der Waals surface area contributed by atoms with Crippen molar-refractivity contribution in [3.05, 3.63) is 29.3 Å². The molecule has 1 aliphatic carbocycles. The number of carbonyl (C=O) groups is 1. The second kappa shape index (κ2) is 5.76. The Bertz CT molecular complexity index is 575. The van der Waals surface area contributed by atoms with Crippen molar-refractivity contribution in [2.75, 3.05) is 5.32 Å². The number of hydrogen-bond donors (Lipinski definition) is 3. The summed E-state index contributed by atoms with van der Waals surface area (Å²) in [7, 11) is 0. The molecule has 114 valence electrons. The van der Waals surface area contributed by atoms with Gasteiger partial charge in [-0.1, -0.05) is 37.2 Å². The molecule has 21 heavy (non-hydrogen) atoms. The molecule has 5 heteroatoms. The Morgan fingerprint density at radius 2 is 2.19 bits per heavy atom. The lowest BCUT2D eigenvalue weighted by atomic mass is 9.61. The van der Waals surface area contributed by atoms with Crippen molar-refractivity contribution in [2.45, 2.75) is 40.0 Å². The number of hydrogen-bond acceptors (Lipinski definition) is 3. The maximum Gasteiger partial charge on any atom is 0.238 e. The Morgan fingerprint density at radius 3 is 2.71 bits per heavy atom. The van der Waals surface area contributed by atoms with Gasteiger partial charge in [0.1, 0.15) is 5.41 Å². The summed E-state index contributed by atoms with van der Waals surface area (Å²) in [6.07, 6.45) is 2.06. The molecular weight excluding hydrogens is 266 g/mol. The predicted molar refractivity (Wildman–Crippen MR) is 83.4 cm³/mol. The number of amidine groups is 1. The van der Waals surface area contributed by atoms with Crippen molar-refractivity contribution in [1.29, 1.82) is 0 Å². The zero-order chi connectivity index (χ0) is 15.6. The molecule has 0 aliphatic heterocycles. The summed E-state index contributed by atoms with van der Waals surface area (Å²) in [4.78, 5) is 12.7. The van der Waals surface area contributed by atoms with Crippen LogP contribution in [0.3, 0.4) is 0 Å². The van der Waals surface area contributed by atoms with Gasteiger partial charge in [0.05, 0.1) is 0 Å². The Morgan fingerprint density at radius 1 is 1.52 bits per heavy atom. The number of nitrogens with one attached hydrogen (secondary N) is 1. The fraction of sp³-hybridized carbons (Fsp3) is 0.500. The van der Waals surface area contributed by atoms with E-state index in [1.54, 1.807) is 0 Å². The third-order valence-corrected chi connectivity index (χ3v) is 4.41. The second-order valence-corrected chi connectivity index (χ2v) is 6.00. The van der Waals surface area contributed by atoms with Gasteiger partial charge in [0.2, 0.25) is 5.91 Å². The summed E-state index contributed by atoms with van der Waals surface area (Å²) in [6, 6.07) is 5.95. The molecule has 0 heterocycles. The van der Waals surface area contributed by atoms with E-state index in [1.807, 2.05) is 25.1 Å². The summed E-state index contributed by atoms with van der Waals surface area (Å²) >= 11 is 0. The average Bonchev–Trinajstić information content (AvgIpc) is 2.44. The fourth-order valence-corrected chi connectivity index (χ4v) is 3.17. The summed E-state index contributed by atoms with van der Waals surface area (Å²) in [5.74, 6) is 0.225. The summed E-state index contributed by atoms with van der Waals surface area (Å²) < 4.78 is 0. The first-order valence-electron chi connectivity index (χ1n) is 7.32. The SMILES string of the molecule is CCc1cccc(C)c1NC(=O)C1(/C(N)=N/O)CC(C)C1. The molecule has 0 bridgehead atoms. The van der Waals surface area contributed by atoms with Crippen LogP contribution in [-0.2, 0) is 11.2 Å². The van der Waals surface area contributed by atoms with Gasteiger partial charge in [-0.25, -0.2) is 0 Å². The lowest BCUT2D eigenvalue weighted by Gasteiger charge is -2.43. The predicted octanol–water partition coefficient (Wildman–Crippen LogP) is 2.66. The van der Waals surface area contributed by atoms with Crippen molar-refractivity contribution in [3.63, 3.8) is 0 Å². The highest BCUT2D eigenvalue weighted by atomic mass is 16.4. The second-order valence-electron chi connectivity index (χ2n) is 6.00. The zero-order valence-electron chi connectivity index (χ0n) is 12.8. The molecule has 2 rings (SSSR count). The highest BCUT2D eigenvalue weighted by Gasteiger charge is 2.52. The first-order valence-corrected chi connectivity index (χ1v) is 7.32. The molecule has 0 aromatic heterocycles.